The van der Waals surface area contributed by atoms with Crippen LogP contribution in [-0.2, 0) is 0 Å². The first kappa shape index (κ1) is 17.2. The minimum absolute atomic E-state index is 0.0573. The highest BCUT2D eigenvalue weighted by Gasteiger charge is 2.26. The molecule has 2 rings (SSSR count). The van der Waals surface area contributed by atoms with E-state index in [-0.39, 0.29) is 23.8 Å². The molecule has 1 unspecified atom stereocenters. The van der Waals surface area contributed by atoms with Crippen LogP contribution in [0, 0.1) is 17.6 Å². The van der Waals surface area contributed by atoms with E-state index in [0.717, 1.165) is 18.9 Å². The third kappa shape index (κ3) is 3.76. The van der Waals surface area contributed by atoms with E-state index in [1.54, 1.807) is 0 Å². The molecule has 0 amide bonds. The smallest absolute Gasteiger partial charge is 0.176 e. The zero-order chi connectivity index (χ0) is 16.5. The zero-order valence-corrected chi connectivity index (χ0v) is 13.7. The lowest BCUT2D eigenvalue weighted by Gasteiger charge is -2.22. The molecule has 1 heterocycles. The molecule has 1 aliphatic rings. The summed E-state index contributed by atoms with van der Waals surface area (Å²) in [6, 6.07) is 1.07. The molecule has 0 spiro atoms. The lowest BCUT2D eigenvalue weighted by atomic mass is 9.91. The van der Waals surface area contributed by atoms with Gasteiger partial charge in [-0.15, -0.1) is 0 Å². The highest BCUT2D eigenvalue weighted by molar-refractivity contribution is 6.32. The molecule has 0 radical (unpaired) electrons. The fraction of sp³-hybridized carbons (Fsp3) is 0.562. The number of nitrogens with zero attached hydrogens (tertiary/aromatic N) is 1. The second-order valence-electron chi connectivity index (χ2n) is 6.27. The number of aliphatic imine (C=N–C) groups is 1. The molecular weight excluding hydrogens is 312 g/mol. The first-order valence-corrected chi connectivity index (χ1v) is 7.66. The van der Waals surface area contributed by atoms with Crippen molar-refractivity contribution in [3.05, 3.63) is 28.3 Å². The Morgan fingerprint density at radius 2 is 2.14 bits per heavy atom. The predicted molar refractivity (Wildman–Crippen MR) is 83.0 cm³/mol. The standard InChI is InChI=1S/C16H20ClF2NO2/c1-9-5-4-6-20-14(9)10-7-11(18)15(12(17)13(10)19)22-8-16(2,3)21/h7,9,21H,4-6,8H2,1-3H3. The lowest BCUT2D eigenvalue weighted by Crippen LogP contribution is -2.28. The van der Waals surface area contributed by atoms with Gasteiger partial charge in [-0.2, -0.15) is 0 Å². The second-order valence-corrected chi connectivity index (χ2v) is 6.65. The number of halogens is 3. The van der Waals surface area contributed by atoms with Gasteiger partial charge in [0.15, 0.2) is 17.4 Å². The summed E-state index contributed by atoms with van der Waals surface area (Å²) in [6.07, 6.45) is 1.82. The van der Waals surface area contributed by atoms with Crippen molar-refractivity contribution in [3.63, 3.8) is 0 Å². The quantitative estimate of drug-likeness (QED) is 0.848. The molecule has 1 aromatic carbocycles. The molecular formula is C16H20ClF2NO2. The molecule has 122 valence electrons. The number of aliphatic hydroxyl groups is 1. The zero-order valence-electron chi connectivity index (χ0n) is 12.9. The highest BCUT2D eigenvalue weighted by atomic mass is 35.5. The Bertz CT molecular complexity index is 597. The summed E-state index contributed by atoms with van der Waals surface area (Å²) in [4.78, 5) is 4.31. The van der Waals surface area contributed by atoms with E-state index in [0.29, 0.717) is 12.3 Å². The van der Waals surface area contributed by atoms with Gasteiger partial charge in [-0.25, -0.2) is 8.78 Å². The predicted octanol–water partition coefficient (Wildman–Crippen LogP) is 3.99. The number of benzene rings is 1. The van der Waals surface area contributed by atoms with Crippen LogP contribution in [0.2, 0.25) is 5.02 Å². The number of hydrogen-bond donors (Lipinski definition) is 1. The molecule has 1 N–H and O–H groups in total. The van der Waals surface area contributed by atoms with E-state index in [4.69, 9.17) is 16.3 Å². The van der Waals surface area contributed by atoms with Crippen LogP contribution in [0.1, 0.15) is 39.2 Å². The van der Waals surface area contributed by atoms with Crippen molar-refractivity contribution in [2.45, 2.75) is 39.2 Å². The lowest BCUT2D eigenvalue weighted by molar-refractivity contribution is 0.0271. The molecule has 0 fully saturated rings. The summed E-state index contributed by atoms with van der Waals surface area (Å²) in [5.74, 6) is -1.82. The number of rotatable bonds is 4. The third-order valence-corrected chi connectivity index (χ3v) is 3.84. The number of hydrogen-bond acceptors (Lipinski definition) is 3. The van der Waals surface area contributed by atoms with Crippen LogP contribution < -0.4 is 4.74 Å². The molecule has 6 heteroatoms. The van der Waals surface area contributed by atoms with Gasteiger partial charge in [-0.3, -0.25) is 4.99 Å². The van der Waals surface area contributed by atoms with Crippen molar-refractivity contribution in [3.8, 4) is 5.75 Å². The molecule has 1 aromatic rings. The van der Waals surface area contributed by atoms with Gasteiger partial charge in [-0.1, -0.05) is 18.5 Å². The normalized spacial score (nSPS) is 19.0. The summed E-state index contributed by atoms with van der Waals surface area (Å²) in [5.41, 5.74) is -0.545. The highest BCUT2D eigenvalue weighted by Crippen LogP contribution is 2.35. The maximum Gasteiger partial charge on any atom is 0.176 e. The van der Waals surface area contributed by atoms with Gasteiger partial charge in [0.1, 0.15) is 11.6 Å². The van der Waals surface area contributed by atoms with Gasteiger partial charge in [0.2, 0.25) is 0 Å². The van der Waals surface area contributed by atoms with Crippen LogP contribution in [0.3, 0.4) is 0 Å². The van der Waals surface area contributed by atoms with E-state index in [9.17, 15) is 13.9 Å². The maximum absolute atomic E-state index is 14.5. The van der Waals surface area contributed by atoms with Crippen LogP contribution in [0.5, 0.6) is 5.75 Å². The van der Waals surface area contributed by atoms with E-state index in [2.05, 4.69) is 4.99 Å². The van der Waals surface area contributed by atoms with Crippen molar-refractivity contribution < 1.29 is 18.6 Å². The van der Waals surface area contributed by atoms with Crippen molar-refractivity contribution in [1.29, 1.82) is 0 Å². The van der Waals surface area contributed by atoms with Crippen molar-refractivity contribution in [2.24, 2.45) is 10.9 Å². The summed E-state index contributed by atoms with van der Waals surface area (Å²) in [7, 11) is 0. The van der Waals surface area contributed by atoms with Gasteiger partial charge in [0.05, 0.1) is 5.60 Å². The molecule has 1 aliphatic heterocycles. The minimum atomic E-state index is -1.17. The Kier molecular flexibility index (Phi) is 5.07. The van der Waals surface area contributed by atoms with Gasteiger partial charge in [-0.05, 0) is 38.7 Å². The summed E-state index contributed by atoms with van der Waals surface area (Å²) >= 11 is 5.92. The number of ether oxygens (including phenoxy) is 1. The molecule has 0 aromatic heterocycles. The largest absolute Gasteiger partial charge is 0.486 e. The van der Waals surface area contributed by atoms with Gasteiger partial charge in [0, 0.05) is 17.8 Å². The van der Waals surface area contributed by atoms with E-state index >= 15 is 0 Å². The average molecular weight is 332 g/mol. The molecule has 22 heavy (non-hydrogen) atoms. The molecule has 1 atom stereocenters. The Balaban J connectivity index is 2.38. The Hall–Kier alpha value is -1.20. The first-order chi connectivity index (χ1) is 10.2. The fourth-order valence-electron chi connectivity index (χ4n) is 2.39. The summed E-state index contributed by atoms with van der Waals surface area (Å²) in [6.45, 7) is 5.35. The SMILES string of the molecule is CC1CCCN=C1c1cc(F)c(OCC(C)(C)O)c(Cl)c1F. The van der Waals surface area contributed by atoms with Gasteiger partial charge >= 0.3 is 0 Å². The first-order valence-electron chi connectivity index (χ1n) is 7.28. The van der Waals surface area contributed by atoms with Crippen LogP contribution in [0.15, 0.2) is 11.1 Å². The summed E-state index contributed by atoms with van der Waals surface area (Å²) in [5, 5.41) is 9.20. The fourth-order valence-corrected chi connectivity index (χ4v) is 2.63. The van der Waals surface area contributed by atoms with Crippen molar-refractivity contribution >= 4 is 17.3 Å². The van der Waals surface area contributed by atoms with Gasteiger partial charge < -0.3 is 9.84 Å². The molecule has 0 bridgehead atoms. The van der Waals surface area contributed by atoms with Crippen LogP contribution in [0.4, 0.5) is 8.78 Å². The van der Waals surface area contributed by atoms with Crippen molar-refractivity contribution in [1.82, 2.24) is 0 Å². The molecule has 0 saturated carbocycles. The monoisotopic (exact) mass is 331 g/mol. The Labute approximate surface area is 134 Å². The van der Waals surface area contributed by atoms with Crippen LogP contribution in [0.25, 0.3) is 0 Å². The van der Waals surface area contributed by atoms with Crippen LogP contribution in [-0.4, -0.2) is 29.6 Å². The Morgan fingerprint density at radius 3 is 2.73 bits per heavy atom. The summed E-state index contributed by atoms with van der Waals surface area (Å²) < 4.78 is 33.9. The second kappa shape index (κ2) is 6.50. The van der Waals surface area contributed by atoms with Crippen LogP contribution >= 0.6 is 11.6 Å². The maximum atomic E-state index is 14.5. The molecule has 0 saturated heterocycles. The van der Waals surface area contributed by atoms with E-state index in [1.807, 2.05) is 6.92 Å². The third-order valence-electron chi connectivity index (χ3n) is 3.51. The van der Waals surface area contributed by atoms with Gasteiger partial charge in [0.25, 0.3) is 0 Å². The van der Waals surface area contributed by atoms with E-state index in [1.165, 1.54) is 13.8 Å². The minimum Gasteiger partial charge on any atom is -0.486 e. The molecule has 3 nitrogen and oxygen atoms in total. The van der Waals surface area contributed by atoms with Crippen molar-refractivity contribution in [2.75, 3.05) is 13.2 Å². The topological polar surface area (TPSA) is 41.8 Å². The Morgan fingerprint density at radius 1 is 1.45 bits per heavy atom. The van der Waals surface area contributed by atoms with E-state index < -0.39 is 22.3 Å². The average Bonchev–Trinajstić information content (AvgIpc) is 2.42. The molecule has 0 aliphatic carbocycles.